The van der Waals surface area contributed by atoms with Crippen molar-refractivity contribution >= 4 is 11.6 Å². The number of benzene rings is 2. The molecule has 0 aliphatic rings. The fraction of sp³-hybridized carbons (Fsp3) is 0.316. The van der Waals surface area contributed by atoms with Crippen LogP contribution in [0.25, 0.3) is 0 Å². The Labute approximate surface area is 143 Å². The van der Waals surface area contributed by atoms with E-state index in [0.29, 0.717) is 17.5 Å². The second-order valence-corrected chi connectivity index (χ2v) is 5.43. The summed E-state index contributed by atoms with van der Waals surface area (Å²) in [6.45, 7) is 2.90. The molecule has 0 amide bonds. The summed E-state index contributed by atoms with van der Waals surface area (Å²) in [6, 6.07) is 14.2. The van der Waals surface area contributed by atoms with Crippen molar-refractivity contribution in [3.63, 3.8) is 0 Å². The zero-order chi connectivity index (χ0) is 17.4. The van der Waals surface area contributed by atoms with E-state index in [2.05, 4.69) is 46.8 Å². The lowest BCUT2D eigenvalue weighted by Crippen LogP contribution is -2.32. The summed E-state index contributed by atoms with van der Waals surface area (Å²) >= 11 is 0. The van der Waals surface area contributed by atoms with Gasteiger partial charge < -0.3 is 20.1 Å². The van der Waals surface area contributed by atoms with E-state index < -0.39 is 0 Å². The van der Waals surface area contributed by atoms with Crippen LogP contribution in [0.1, 0.15) is 11.1 Å². The quantitative estimate of drug-likeness (QED) is 0.632. The number of hydrogen-bond acceptors (Lipinski definition) is 3. The molecule has 0 atom stereocenters. The molecule has 0 aliphatic carbocycles. The van der Waals surface area contributed by atoms with Crippen LogP contribution >= 0.6 is 0 Å². The Balaban J connectivity index is 1.91. The summed E-state index contributed by atoms with van der Waals surface area (Å²) in [4.78, 5) is 4.25. The largest absolute Gasteiger partial charge is 0.493 e. The number of nitrogens with one attached hydrogen (secondary N) is 2. The molecule has 0 heterocycles. The molecule has 2 aromatic carbocycles. The lowest BCUT2D eigenvalue weighted by molar-refractivity contribution is 0.355. The van der Waals surface area contributed by atoms with Gasteiger partial charge in [-0.05, 0) is 31.0 Å². The molecule has 0 saturated carbocycles. The summed E-state index contributed by atoms with van der Waals surface area (Å²) in [5.41, 5.74) is 3.46. The maximum Gasteiger partial charge on any atom is 0.195 e. The van der Waals surface area contributed by atoms with Crippen molar-refractivity contribution in [3.8, 4) is 11.5 Å². The fourth-order valence-electron chi connectivity index (χ4n) is 2.31. The molecule has 2 aromatic rings. The maximum absolute atomic E-state index is 5.32. The van der Waals surface area contributed by atoms with Crippen LogP contribution in [0.2, 0.25) is 0 Å². The molecule has 0 aliphatic heterocycles. The van der Waals surface area contributed by atoms with E-state index in [1.807, 2.05) is 18.2 Å². The highest BCUT2D eigenvalue weighted by atomic mass is 16.5. The van der Waals surface area contributed by atoms with Crippen LogP contribution in [0, 0.1) is 6.92 Å². The third kappa shape index (κ3) is 4.91. The Kier molecular flexibility index (Phi) is 6.49. The zero-order valence-corrected chi connectivity index (χ0v) is 14.7. The maximum atomic E-state index is 5.32. The van der Waals surface area contributed by atoms with Gasteiger partial charge in [0, 0.05) is 25.3 Å². The first-order chi connectivity index (χ1) is 11.7. The molecule has 0 unspecified atom stereocenters. The van der Waals surface area contributed by atoms with Gasteiger partial charge in [0.05, 0.1) is 14.2 Å². The van der Waals surface area contributed by atoms with Crippen LogP contribution in [0.5, 0.6) is 11.5 Å². The van der Waals surface area contributed by atoms with E-state index in [4.69, 9.17) is 9.47 Å². The predicted octanol–water partition coefficient (Wildman–Crippen LogP) is 3.24. The molecule has 0 aromatic heterocycles. The second kappa shape index (κ2) is 8.82. The number of anilines is 1. The number of hydrogen-bond donors (Lipinski definition) is 2. The number of rotatable bonds is 6. The molecular formula is C19H25N3O2. The van der Waals surface area contributed by atoms with Crippen LogP contribution in [0.15, 0.2) is 47.5 Å². The average Bonchev–Trinajstić information content (AvgIpc) is 2.62. The van der Waals surface area contributed by atoms with Crippen LogP contribution in [-0.2, 0) is 6.42 Å². The highest BCUT2D eigenvalue weighted by Crippen LogP contribution is 2.29. The SMILES string of the molecule is CN=C(NCCc1ccc(C)cc1)Nc1ccc(OC)c(OC)c1. The fourth-order valence-corrected chi connectivity index (χ4v) is 2.31. The number of ether oxygens (including phenoxy) is 2. The van der Waals surface area contributed by atoms with Crippen molar-refractivity contribution in [3.05, 3.63) is 53.6 Å². The number of guanidine groups is 1. The third-order valence-corrected chi connectivity index (χ3v) is 3.70. The van der Waals surface area contributed by atoms with Crippen LogP contribution in [0.4, 0.5) is 5.69 Å². The first kappa shape index (κ1) is 17.7. The van der Waals surface area contributed by atoms with Gasteiger partial charge in [-0.3, -0.25) is 4.99 Å². The highest BCUT2D eigenvalue weighted by molar-refractivity contribution is 5.93. The van der Waals surface area contributed by atoms with E-state index in [9.17, 15) is 0 Å². The zero-order valence-electron chi connectivity index (χ0n) is 14.7. The van der Waals surface area contributed by atoms with Crippen molar-refractivity contribution in [1.82, 2.24) is 5.32 Å². The van der Waals surface area contributed by atoms with Crippen molar-refractivity contribution < 1.29 is 9.47 Å². The molecule has 5 nitrogen and oxygen atoms in total. The van der Waals surface area contributed by atoms with Crippen LogP contribution in [-0.4, -0.2) is 33.8 Å². The van der Waals surface area contributed by atoms with Crippen molar-refractivity contribution in [2.24, 2.45) is 4.99 Å². The predicted molar refractivity (Wildman–Crippen MR) is 99.4 cm³/mol. The molecule has 5 heteroatoms. The number of methoxy groups -OCH3 is 2. The van der Waals surface area contributed by atoms with Gasteiger partial charge in [-0.15, -0.1) is 0 Å². The molecule has 0 radical (unpaired) electrons. The number of nitrogens with zero attached hydrogens (tertiary/aromatic N) is 1. The van der Waals surface area contributed by atoms with Gasteiger partial charge in [-0.1, -0.05) is 29.8 Å². The van der Waals surface area contributed by atoms with Crippen molar-refractivity contribution in [2.75, 3.05) is 33.1 Å². The second-order valence-electron chi connectivity index (χ2n) is 5.43. The Morgan fingerprint density at radius 2 is 1.71 bits per heavy atom. The lowest BCUT2D eigenvalue weighted by Gasteiger charge is -2.14. The number of aryl methyl sites for hydroxylation is 1. The molecule has 0 fully saturated rings. The first-order valence-electron chi connectivity index (χ1n) is 7.91. The lowest BCUT2D eigenvalue weighted by atomic mass is 10.1. The average molecular weight is 327 g/mol. The van der Waals surface area contributed by atoms with Gasteiger partial charge in [-0.25, -0.2) is 0 Å². The van der Waals surface area contributed by atoms with Gasteiger partial charge in [0.2, 0.25) is 0 Å². The Hall–Kier alpha value is -2.69. The van der Waals surface area contributed by atoms with Gasteiger partial charge in [0.15, 0.2) is 17.5 Å². The minimum absolute atomic E-state index is 0.678. The molecule has 0 bridgehead atoms. The summed E-state index contributed by atoms with van der Waals surface area (Å²) < 4.78 is 10.6. The summed E-state index contributed by atoms with van der Waals surface area (Å²) in [5.74, 6) is 2.09. The summed E-state index contributed by atoms with van der Waals surface area (Å²) in [6.07, 6.45) is 0.937. The van der Waals surface area contributed by atoms with E-state index in [1.165, 1.54) is 11.1 Å². The Morgan fingerprint density at radius 1 is 1.00 bits per heavy atom. The molecule has 2 rings (SSSR count). The Bertz CT molecular complexity index is 682. The molecule has 128 valence electrons. The van der Waals surface area contributed by atoms with Gasteiger partial charge in [0.25, 0.3) is 0 Å². The standard InChI is InChI=1S/C19H25N3O2/c1-14-5-7-15(8-6-14)11-12-21-19(20-2)22-16-9-10-17(23-3)18(13-16)24-4/h5-10,13H,11-12H2,1-4H3,(H2,20,21,22). The monoisotopic (exact) mass is 327 g/mol. The third-order valence-electron chi connectivity index (χ3n) is 3.70. The first-order valence-corrected chi connectivity index (χ1v) is 7.91. The smallest absolute Gasteiger partial charge is 0.195 e. The van der Waals surface area contributed by atoms with Crippen LogP contribution < -0.4 is 20.1 Å². The normalized spacial score (nSPS) is 11.1. The van der Waals surface area contributed by atoms with Crippen molar-refractivity contribution in [2.45, 2.75) is 13.3 Å². The summed E-state index contributed by atoms with van der Waals surface area (Å²) in [7, 11) is 4.99. The van der Waals surface area contributed by atoms with Crippen molar-refractivity contribution in [1.29, 1.82) is 0 Å². The van der Waals surface area contributed by atoms with E-state index in [-0.39, 0.29) is 0 Å². The van der Waals surface area contributed by atoms with E-state index >= 15 is 0 Å². The minimum Gasteiger partial charge on any atom is -0.493 e. The topological polar surface area (TPSA) is 54.9 Å². The molecule has 24 heavy (non-hydrogen) atoms. The minimum atomic E-state index is 0.678. The summed E-state index contributed by atoms with van der Waals surface area (Å²) in [5, 5.41) is 6.57. The van der Waals surface area contributed by atoms with E-state index in [0.717, 1.165) is 18.7 Å². The molecular weight excluding hydrogens is 302 g/mol. The molecule has 2 N–H and O–H groups in total. The number of aliphatic imine (C=N–C) groups is 1. The van der Waals surface area contributed by atoms with Gasteiger partial charge in [-0.2, -0.15) is 0 Å². The molecule has 0 spiro atoms. The van der Waals surface area contributed by atoms with Gasteiger partial charge in [0.1, 0.15) is 0 Å². The van der Waals surface area contributed by atoms with Gasteiger partial charge >= 0.3 is 0 Å². The molecule has 0 saturated heterocycles. The van der Waals surface area contributed by atoms with E-state index in [1.54, 1.807) is 21.3 Å². The van der Waals surface area contributed by atoms with Crippen LogP contribution in [0.3, 0.4) is 0 Å². The highest BCUT2D eigenvalue weighted by Gasteiger charge is 2.06. The Morgan fingerprint density at radius 3 is 2.33 bits per heavy atom.